The highest BCUT2D eigenvalue weighted by Crippen LogP contribution is 2.33. The van der Waals surface area contributed by atoms with Gasteiger partial charge in [-0.3, -0.25) is 9.59 Å². The summed E-state index contributed by atoms with van der Waals surface area (Å²) in [6, 6.07) is 10.9. The number of nitrogens with one attached hydrogen (secondary N) is 2. The molecule has 0 atom stereocenters. The number of ether oxygens (including phenoxy) is 2. The topological polar surface area (TPSA) is 124 Å². The predicted molar refractivity (Wildman–Crippen MR) is 200 cm³/mol. The molecule has 0 radical (unpaired) electrons. The summed E-state index contributed by atoms with van der Waals surface area (Å²) in [7, 11) is 0.252. The Morgan fingerprint density at radius 1 is 0.980 bits per heavy atom. The number of hydrogen-bond donors (Lipinski definition) is 3. The highest BCUT2D eigenvalue weighted by atomic mass is 28.3. The molecule has 51 heavy (non-hydrogen) atoms. The second-order valence-corrected chi connectivity index (χ2v) is 18.8. The molecule has 2 amide bonds. The number of carbonyl (C=O) groups is 2. The van der Waals surface area contributed by atoms with Gasteiger partial charge in [0, 0.05) is 50.6 Å². The van der Waals surface area contributed by atoms with Crippen LogP contribution >= 0.6 is 0 Å². The Bertz CT molecular complexity index is 1780. The first kappa shape index (κ1) is 41.2. The fourth-order valence-corrected chi connectivity index (χ4v) is 5.96. The number of benzene rings is 2. The van der Waals surface area contributed by atoms with Gasteiger partial charge in [0.2, 0.25) is 0 Å². The van der Waals surface area contributed by atoms with Crippen LogP contribution in [-0.2, 0) is 24.2 Å². The molecule has 0 fully saturated rings. The van der Waals surface area contributed by atoms with E-state index < -0.39 is 31.6 Å². The predicted octanol–water partition coefficient (Wildman–Crippen LogP) is 8.00. The molecule has 14 heteroatoms. The summed E-state index contributed by atoms with van der Waals surface area (Å²) in [5.41, 5.74) is 6.35. The first-order chi connectivity index (χ1) is 24.1. The molecule has 10 nitrogen and oxygen atoms in total. The molecule has 0 saturated heterocycles. The average Bonchev–Trinajstić information content (AvgIpc) is 3.50. The van der Waals surface area contributed by atoms with E-state index in [-0.39, 0.29) is 28.9 Å². The third kappa shape index (κ3) is 11.4. The number of aromatic nitrogens is 2. The molecule has 4 rings (SSSR count). The zero-order chi connectivity index (χ0) is 37.9. The lowest BCUT2D eigenvalue weighted by molar-refractivity contribution is -0.138. The lowest BCUT2D eigenvalue weighted by Gasteiger charge is -2.16. The number of amides is 2. The molecule has 2 aromatic heterocycles. The summed E-state index contributed by atoms with van der Waals surface area (Å²) in [5, 5.41) is 6.06. The van der Waals surface area contributed by atoms with Crippen LogP contribution in [0.5, 0.6) is 5.75 Å². The Balaban J connectivity index is 0.000000908. The molecule has 0 spiro atoms. The van der Waals surface area contributed by atoms with Crippen LogP contribution in [0.25, 0.3) is 11.0 Å². The number of methoxy groups -OCH3 is 1. The standard InChI is InChI=1S/C31H36F3N5O4Si.C6H15N/c1-19-6-9-22(37-29(40)20-7-8-21(16-35)25(14-20)31(32,33)34)15-26(19)38-30(41)24-17-36-28-23(27(24)42-2)10-11-39(28)18-43-12-13-44(3,4)5;1-4-7(5-2)6-3/h6-11,14-15,17H,12-13,16,18,35H2,1-5H3,(H,37,40)(H,38,41);4-6H2,1-3H3. The zero-order valence-electron chi connectivity index (χ0n) is 30.8. The number of nitrogens with two attached hydrogens (primary N) is 1. The molecule has 4 aromatic rings. The first-order valence-electron chi connectivity index (χ1n) is 17.0. The van der Waals surface area contributed by atoms with Crippen LogP contribution in [0, 0.1) is 6.92 Å². The number of pyridine rings is 1. The average molecular weight is 729 g/mol. The van der Waals surface area contributed by atoms with Crippen molar-refractivity contribution in [2.75, 3.05) is 44.0 Å². The van der Waals surface area contributed by atoms with Crippen LogP contribution in [0.1, 0.15) is 58.2 Å². The Hall–Kier alpha value is -4.24. The fourth-order valence-electron chi connectivity index (χ4n) is 5.20. The Morgan fingerprint density at radius 2 is 1.67 bits per heavy atom. The van der Waals surface area contributed by atoms with Gasteiger partial charge in [0.25, 0.3) is 11.8 Å². The van der Waals surface area contributed by atoms with Crippen molar-refractivity contribution in [2.24, 2.45) is 5.73 Å². The molecule has 0 unspecified atom stereocenters. The number of nitrogens with zero attached hydrogens (tertiary/aromatic N) is 3. The van der Waals surface area contributed by atoms with Crippen LogP contribution in [0.2, 0.25) is 25.7 Å². The molecule has 0 aliphatic heterocycles. The largest absolute Gasteiger partial charge is 0.495 e. The van der Waals surface area contributed by atoms with Gasteiger partial charge < -0.3 is 35.3 Å². The number of halogens is 3. The molecule has 0 bridgehead atoms. The van der Waals surface area contributed by atoms with Crippen molar-refractivity contribution in [2.45, 2.75) is 72.8 Å². The van der Waals surface area contributed by atoms with E-state index in [4.69, 9.17) is 15.2 Å². The van der Waals surface area contributed by atoms with Crippen molar-refractivity contribution in [3.63, 3.8) is 0 Å². The third-order valence-corrected chi connectivity index (χ3v) is 10.1. The van der Waals surface area contributed by atoms with Crippen molar-refractivity contribution >= 4 is 42.3 Å². The van der Waals surface area contributed by atoms with Crippen molar-refractivity contribution < 1.29 is 32.2 Å². The lowest BCUT2D eigenvalue weighted by Crippen LogP contribution is -2.22. The summed E-state index contributed by atoms with van der Waals surface area (Å²) in [4.78, 5) is 33.1. The van der Waals surface area contributed by atoms with Gasteiger partial charge in [-0.1, -0.05) is 52.5 Å². The van der Waals surface area contributed by atoms with Crippen molar-refractivity contribution in [1.82, 2.24) is 14.5 Å². The number of rotatable bonds is 14. The van der Waals surface area contributed by atoms with E-state index >= 15 is 0 Å². The summed E-state index contributed by atoms with van der Waals surface area (Å²) >= 11 is 0. The Kier molecular flexibility index (Phi) is 14.8. The second-order valence-electron chi connectivity index (χ2n) is 13.2. The summed E-state index contributed by atoms with van der Waals surface area (Å²) in [6.07, 6.45) is -1.40. The Labute approximate surface area is 299 Å². The molecule has 0 aliphatic rings. The highest BCUT2D eigenvalue weighted by Gasteiger charge is 2.33. The SMILES string of the molecule is CCN(CC)CC.COc1c(C(=O)Nc2cc(NC(=O)c3ccc(CN)c(C(F)(F)F)c3)ccc2C)cnc2c1ccn2COCC[Si](C)(C)C. The van der Waals surface area contributed by atoms with Crippen LogP contribution in [-0.4, -0.2) is 67.7 Å². The number of fused-ring (bicyclic) bond motifs is 1. The number of anilines is 2. The van der Waals surface area contributed by atoms with E-state index in [9.17, 15) is 22.8 Å². The van der Waals surface area contributed by atoms with Gasteiger partial charge in [0.15, 0.2) is 0 Å². The van der Waals surface area contributed by atoms with Crippen molar-refractivity contribution in [1.29, 1.82) is 0 Å². The van der Waals surface area contributed by atoms with Crippen LogP contribution in [0.4, 0.5) is 24.5 Å². The minimum Gasteiger partial charge on any atom is -0.495 e. The monoisotopic (exact) mass is 728 g/mol. The summed E-state index contributed by atoms with van der Waals surface area (Å²) in [6.45, 7) is 19.4. The number of hydrogen-bond acceptors (Lipinski definition) is 7. The van der Waals surface area contributed by atoms with E-state index in [1.54, 1.807) is 19.1 Å². The lowest BCUT2D eigenvalue weighted by atomic mass is 10.0. The Morgan fingerprint density at radius 3 is 2.24 bits per heavy atom. The maximum atomic E-state index is 13.5. The maximum absolute atomic E-state index is 13.5. The number of alkyl halides is 3. The molecule has 4 N–H and O–H groups in total. The van der Waals surface area contributed by atoms with E-state index in [0.717, 1.165) is 12.1 Å². The van der Waals surface area contributed by atoms with Crippen LogP contribution in [0.15, 0.2) is 54.9 Å². The third-order valence-electron chi connectivity index (χ3n) is 8.40. The number of aryl methyl sites for hydroxylation is 1. The maximum Gasteiger partial charge on any atom is 0.416 e. The minimum atomic E-state index is -4.66. The minimum absolute atomic E-state index is 0.111. The second kappa shape index (κ2) is 18.3. The molecular weight excluding hydrogens is 678 g/mol. The smallest absolute Gasteiger partial charge is 0.416 e. The van der Waals surface area contributed by atoms with Gasteiger partial charge in [-0.05, 0) is 74.1 Å². The van der Waals surface area contributed by atoms with Gasteiger partial charge in [-0.15, -0.1) is 0 Å². The van der Waals surface area contributed by atoms with Crippen LogP contribution < -0.4 is 21.1 Å². The molecule has 278 valence electrons. The summed E-state index contributed by atoms with van der Waals surface area (Å²) < 4.78 is 53.7. The van der Waals surface area contributed by atoms with Gasteiger partial charge in [-0.2, -0.15) is 13.2 Å². The molecule has 0 aliphatic carbocycles. The normalized spacial score (nSPS) is 11.7. The van der Waals surface area contributed by atoms with E-state index in [2.05, 4.69) is 60.9 Å². The van der Waals surface area contributed by atoms with E-state index in [1.165, 1.54) is 51.1 Å². The zero-order valence-corrected chi connectivity index (χ0v) is 31.8. The van der Waals surface area contributed by atoms with Gasteiger partial charge in [0.05, 0.1) is 18.1 Å². The van der Waals surface area contributed by atoms with Gasteiger partial charge in [-0.25, -0.2) is 4.98 Å². The van der Waals surface area contributed by atoms with Gasteiger partial charge >= 0.3 is 6.18 Å². The molecule has 0 saturated carbocycles. The molecule has 2 aromatic carbocycles. The molecular formula is C37H51F3N6O4Si. The quantitative estimate of drug-likeness (QED) is 0.0889. The van der Waals surface area contributed by atoms with Crippen LogP contribution in [0.3, 0.4) is 0 Å². The fraction of sp³-hybridized carbons (Fsp3) is 0.432. The number of carbonyl (C=O) groups excluding carboxylic acids is 2. The first-order valence-corrected chi connectivity index (χ1v) is 20.7. The molecule has 2 heterocycles. The van der Waals surface area contributed by atoms with Gasteiger partial charge in [0.1, 0.15) is 23.7 Å². The highest BCUT2D eigenvalue weighted by molar-refractivity contribution is 6.76. The van der Waals surface area contributed by atoms with Crippen molar-refractivity contribution in [3.05, 3.63) is 82.7 Å². The van der Waals surface area contributed by atoms with Crippen molar-refractivity contribution in [3.8, 4) is 5.75 Å². The van der Waals surface area contributed by atoms with E-state index in [0.29, 0.717) is 41.4 Å². The summed E-state index contributed by atoms with van der Waals surface area (Å²) in [5.74, 6) is -0.892. The van der Waals surface area contributed by atoms with E-state index in [1.807, 2.05) is 16.8 Å².